The largest absolute Gasteiger partial charge is 0.350 e. The van der Waals surface area contributed by atoms with E-state index in [0.717, 1.165) is 13.1 Å². The molecule has 0 bridgehead atoms. The van der Waals surface area contributed by atoms with Crippen molar-refractivity contribution in [2.75, 3.05) is 19.6 Å². The molecule has 0 spiro atoms. The number of halogens is 2. The summed E-state index contributed by atoms with van der Waals surface area (Å²) in [6, 6.07) is 4.15. The van der Waals surface area contributed by atoms with Crippen LogP contribution in [0.1, 0.15) is 44.5 Å². The van der Waals surface area contributed by atoms with Crippen molar-refractivity contribution in [2.45, 2.75) is 39.7 Å². The number of benzene rings is 1. The fourth-order valence-electron chi connectivity index (χ4n) is 3.33. The van der Waals surface area contributed by atoms with Gasteiger partial charge in [0, 0.05) is 29.6 Å². The summed E-state index contributed by atoms with van der Waals surface area (Å²) in [4.78, 5) is 14.8. The molecule has 2 unspecified atom stereocenters. The monoisotopic (exact) mass is 384 g/mol. The van der Waals surface area contributed by atoms with Gasteiger partial charge in [-0.2, -0.15) is 0 Å². The highest BCUT2D eigenvalue weighted by atomic mass is 79.9. The van der Waals surface area contributed by atoms with Gasteiger partial charge in [-0.25, -0.2) is 4.39 Å². The van der Waals surface area contributed by atoms with Gasteiger partial charge in [-0.1, -0.05) is 13.8 Å². The maximum Gasteiger partial charge on any atom is 0.252 e. The number of nitrogens with one attached hydrogen (secondary N) is 1. The number of rotatable bonds is 4. The second-order valence-corrected chi connectivity index (χ2v) is 8.32. The zero-order chi connectivity index (χ0) is 17.2. The van der Waals surface area contributed by atoms with Crippen LogP contribution in [-0.4, -0.2) is 36.0 Å². The van der Waals surface area contributed by atoms with E-state index in [-0.39, 0.29) is 11.4 Å². The lowest BCUT2D eigenvalue weighted by molar-refractivity contribution is 0.0445. The molecule has 128 valence electrons. The molecule has 0 aliphatic carbocycles. The first-order valence-corrected chi connectivity index (χ1v) is 8.96. The molecule has 0 aromatic heterocycles. The van der Waals surface area contributed by atoms with E-state index < -0.39 is 5.82 Å². The smallest absolute Gasteiger partial charge is 0.252 e. The quantitative estimate of drug-likeness (QED) is 0.847. The summed E-state index contributed by atoms with van der Waals surface area (Å²) < 4.78 is 14.0. The topological polar surface area (TPSA) is 32.3 Å². The van der Waals surface area contributed by atoms with Gasteiger partial charge in [0.15, 0.2) is 0 Å². The van der Waals surface area contributed by atoms with Gasteiger partial charge < -0.3 is 5.32 Å². The molecule has 5 heteroatoms. The molecule has 1 aliphatic heterocycles. The number of hydrogen-bond donors (Lipinski definition) is 1. The number of nitrogens with zero attached hydrogens (tertiary/aromatic N) is 1. The molecule has 1 amide bonds. The van der Waals surface area contributed by atoms with E-state index in [9.17, 15) is 9.18 Å². The van der Waals surface area contributed by atoms with Crippen LogP contribution in [0.3, 0.4) is 0 Å². The molecular formula is C18H26BrFN2O. The third-order valence-corrected chi connectivity index (χ3v) is 5.27. The highest BCUT2D eigenvalue weighted by Crippen LogP contribution is 2.27. The van der Waals surface area contributed by atoms with Gasteiger partial charge in [0.1, 0.15) is 5.82 Å². The summed E-state index contributed by atoms with van der Waals surface area (Å²) >= 11 is 3.31. The molecule has 1 aromatic rings. The summed E-state index contributed by atoms with van der Waals surface area (Å²) in [5.74, 6) is 0.691. The molecule has 1 heterocycles. The Kier molecular flexibility index (Phi) is 5.84. The third-order valence-electron chi connectivity index (χ3n) is 4.58. The predicted molar refractivity (Wildman–Crippen MR) is 95.0 cm³/mol. The Labute approximate surface area is 146 Å². The van der Waals surface area contributed by atoms with E-state index in [4.69, 9.17) is 0 Å². The van der Waals surface area contributed by atoms with Crippen LogP contribution in [-0.2, 0) is 0 Å². The lowest BCUT2D eigenvalue weighted by Gasteiger charge is -2.45. The van der Waals surface area contributed by atoms with E-state index in [2.05, 4.69) is 53.8 Å². The summed E-state index contributed by atoms with van der Waals surface area (Å²) in [6.07, 6.45) is 1.26. The van der Waals surface area contributed by atoms with Gasteiger partial charge in [0.05, 0.1) is 5.56 Å². The van der Waals surface area contributed by atoms with Crippen molar-refractivity contribution >= 4 is 21.8 Å². The molecule has 1 aromatic carbocycles. The van der Waals surface area contributed by atoms with Gasteiger partial charge >= 0.3 is 0 Å². The van der Waals surface area contributed by atoms with Crippen LogP contribution in [0, 0.1) is 17.7 Å². The first kappa shape index (κ1) is 18.4. The predicted octanol–water partition coefficient (Wildman–Crippen LogP) is 4.07. The van der Waals surface area contributed by atoms with E-state index in [1.54, 1.807) is 6.07 Å². The minimum atomic E-state index is -0.406. The standard InChI is InChI=1S/C18H26BrFN2O/c1-12-7-13(2)10-22(9-12)18(3,4)11-21-17(23)15-8-14(20)5-6-16(15)19/h5-6,8,12-13H,7,9-11H2,1-4H3,(H,21,23). The Morgan fingerprint density at radius 2 is 1.96 bits per heavy atom. The first-order valence-electron chi connectivity index (χ1n) is 8.17. The molecule has 2 rings (SSSR count). The van der Waals surface area contributed by atoms with Crippen molar-refractivity contribution in [3.63, 3.8) is 0 Å². The summed E-state index contributed by atoms with van der Waals surface area (Å²) in [7, 11) is 0. The zero-order valence-corrected chi connectivity index (χ0v) is 15.9. The highest BCUT2D eigenvalue weighted by molar-refractivity contribution is 9.10. The number of hydrogen-bond acceptors (Lipinski definition) is 2. The van der Waals surface area contributed by atoms with Gasteiger partial charge in [-0.15, -0.1) is 0 Å². The normalized spacial score (nSPS) is 22.9. The van der Waals surface area contributed by atoms with Crippen LogP contribution in [0.4, 0.5) is 4.39 Å². The fourth-order valence-corrected chi connectivity index (χ4v) is 3.76. The van der Waals surface area contributed by atoms with E-state index >= 15 is 0 Å². The van der Waals surface area contributed by atoms with Crippen molar-refractivity contribution in [1.29, 1.82) is 0 Å². The van der Waals surface area contributed by atoms with Gasteiger partial charge in [0.2, 0.25) is 0 Å². The Bertz CT molecular complexity index is 566. The van der Waals surface area contributed by atoms with Gasteiger partial charge in [-0.05, 0) is 66.2 Å². The molecule has 3 nitrogen and oxygen atoms in total. The maximum atomic E-state index is 13.3. The number of piperidine rings is 1. The molecular weight excluding hydrogens is 359 g/mol. The van der Waals surface area contributed by atoms with Crippen LogP contribution < -0.4 is 5.32 Å². The number of amides is 1. The van der Waals surface area contributed by atoms with E-state index in [1.807, 2.05) is 0 Å². The third kappa shape index (κ3) is 4.77. The number of likely N-dealkylation sites (tertiary alicyclic amines) is 1. The summed E-state index contributed by atoms with van der Waals surface area (Å²) in [5, 5.41) is 2.96. The highest BCUT2D eigenvalue weighted by Gasteiger charge is 2.33. The zero-order valence-electron chi connectivity index (χ0n) is 14.3. The SMILES string of the molecule is CC1CC(C)CN(C(C)(C)CNC(=O)c2cc(F)ccc2Br)C1. The molecule has 0 saturated carbocycles. The average molecular weight is 385 g/mol. The lowest BCUT2D eigenvalue weighted by Crippen LogP contribution is -2.56. The second kappa shape index (κ2) is 7.31. The van der Waals surface area contributed by atoms with Gasteiger partial charge in [-0.3, -0.25) is 9.69 Å². The van der Waals surface area contributed by atoms with Gasteiger partial charge in [0.25, 0.3) is 5.91 Å². The Balaban J connectivity index is 2.01. The second-order valence-electron chi connectivity index (χ2n) is 7.47. The molecule has 0 radical (unpaired) electrons. The summed E-state index contributed by atoms with van der Waals surface area (Å²) in [5.41, 5.74) is 0.208. The summed E-state index contributed by atoms with van der Waals surface area (Å²) in [6.45, 7) is 11.5. The first-order chi connectivity index (χ1) is 10.7. The Hall–Kier alpha value is -0.940. The molecule has 1 saturated heterocycles. The van der Waals surface area contributed by atoms with Crippen LogP contribution >= 0.6 is 15.9 Å². The maximum absolute atomic E-state index is 13.3. The Morgan fingerprint density at radius 1 is 1.35 bits per heavy atom. The minimum Gasteiger partial charge on any atom is -0.350 e. The fraction of sp³-hybridized carbons (Fsp3) is 0.611. The van der Waals surface area contributed by atoms with Crippen LogP contribution in [0.2, 0.25) is 0 Å². The minimum absolute atomic E-state index is 0.127. The van der Waals surface area contributed by atoms with Crippen molar-refractivity contribution in [3.05, 3.63) is 34.1 Å². The molecule has 1 aliphatic rings. The Morgan fingerprint density at radius 3 is 2.57 bits per heavy atom. The van der Waals surface area contributed by atoms with E-state index in [0.29, 0.717) is 28.4 Å². The van der Waals surface area contributed by atoms with Crippen molar-refractivity contribution < 1.29 is 9.18 Å². The number of carbonyl (C=O) groups excluding carboxylic acids is 1. The van der Waals surface area contributed by atoms with Crippen molar-refractivity contribution in [1.82, 2.24) is 10.2 Å². The molecule has 1 N–H and O–H groups in total. The lowest BCUT2D eigenvalue weighted by atomic mass is 9.88. The van der Waals surface area contributed by atoms with Crippen LogP contribution in [0.15, 0.2) is 22.7 Å². The van der Waals surface area contributed by atoms with Crippen molar-refractivity contribution in [2.24, 2.45) is 11.8 Å². The van der Waals surface area contributed by atoms with Crippen LogP contribution in [0.25, 0.3) is 0 Å². The molecule has 2 atom stereocenters. The number of carbonyl (C=O) groups is 1. The molecule has 23 heavy (non-hydrogen) atoms. The molecule has 1 fully saturated rings. The average Bonchev–Trinajstić information content (AvgIpc) is 2.46. The van der Waals surface area contributed by atoms with Crippen LogP contribution in [0.5, 0.6) is 0 Å². The van der Waals surface area contributed by atoms with Crippen molar-refractivity contribution in [3.8, 4) is 0 Å². The van der Waals surface area contributed by atoms with E-state index in [1.165, 1.54) is 18.6 Å².